The highest BCUT2D eigenvalue weighted by molar-refractivity contribution is 7.17. The number of aromatic nitrogens is 1. The van der Waals surface area contributed by atoms with E-state index in [4.69, 9.17) is 4.74 Å². The van der Waals surface area contributed by atoms with Crippen molar-refractivity contribution in [3.8, 4) is 0 Å². The predicted octanol–water partition coefficient (Wildman–Crippen LogP) is 1.82. The van der Waals surface area contributed by atoms with Gasteiger partial charge in [-0.05, 0) is 5.56 Å². The van der Waals surface area contributed by atoms with Crippen LogP contribution in [-0.4, -0.2) is 55.0 Å². The van der Waals surface area contributed by atoms with Crippen molar-refractivity contribution in [1.29, 1.82) is 0 Å². The first-order valence-electron chi connectivity index (χ1n) is 7.78. The molecule has 0 unspecified atom stereocenters. The Balaban J connectivity index is 1.54. The summed E-state index contributed by atoms with van der Waals surface area (Å²) in [6.07, 6.45) is 1.98. The minimum atomic E-state index is -0.365. The smallest absolute Gasteiger partial charge is 0.349 e. The molecule has 0 N–H and O–H groups in total. The average molecular weight is 345 g/mol. The van der Waals surface area contributed by atoms with Gasteiger partial charge in [-0.1, -0.05) is 41.7 Å². The molecular weight excluding hydrogens is 326 g/mol. The maximum absolute atomic E-state index is 12.4. The largest absolute Gasteiger partial charge is 0.465 e. The van der Waals surface area contributed by atoms with Crippen LogP contribution in [0.5, 0.6) is 0 Å². The molecule has 2 aromatic rings. The number of methoxy groups -OCH3 is 1. The highest BCUT2D eigenvalue weighted by Crippen LogP contribution is 2.24. The van der Waals surface area contributed by atoms with E-state index in [0.29, 0.717) is 37.5 Å². The van der Waals surface area contributed by atoms with E-state index in [1.807, 2.05) is 35.2 Å². The molecule has 0 spiro atoms. The van der Waals surface area contributed by atoms with E-state index >= 15 is 0 Å². The zero-order valence-electron chi connectivity index (χ0n) is 13.5. The van der Waals surface area contributed by atoms with Gasteiger partial charge in [-0.15, -0.1) is 0 Å². The Morgan fingerprint density at radius 2 is 1.88 bits per heavy atom. The van der Waals surface area contributed by atoms with E-state index in [2.05, 4.69) is 9.88 Å². The van der Waals surface area contributed by atoms with Crippen molar-refractivity contribution in [3.63, 3.8) is 0 Å². The number of rotatable bonds is 4. The number of esters is 1. The molecule has 0 atom stereocenters. The lowest BCUT2D eigenvalue weighted by atomic mass is 10.1. The predicted molar refractivity (Wildman–Crippen MR) is 92.4 cm³/mol. The molecule has 0 bridgehead atoms. The number of ether oxygens (including phenoxy) is 1. The molecule has 24 heavy (non-hydrogen) atoms. The lowest BCUT2D eigenvalue weighted by Gasteiger charge is -2.34. The van der Waals surface area contributed by atoms with Gasteiger partial charge < -0.3 is 14.5 Å². The van der Waals surface area contributed by atoms with Crippen molar-refractivity contribution in [2.45, 2.75) is 6.42 Å². The Labute approximate surface area is 144 Å². The fourth-order valence-corrected chi connectivity index (χ4v) is 3.52. The minimum Gasteiger partial charge on any atom is -0.465 e. The molecule has 1 aliphatic heterocycles. The quantitative estimate of drug-likeness (QED) is 0.791. The van der Waals surface area contributed by atoms with Gasteiger partial charge in [0.2, 0.25) is 5.91 Å². The van der Waals surface area contributed by atoms with Crippen LogP contribution in [0.2, 0.25) is 0 Å². The molecule has 126 valence electrons. The fraction of sp³-hybridized carbons (Fsp3) is 0.353. The molecule has 0 aliphatic carbocycles. The van der Waals surface area contributed by atoms with Crippen LogP contribution in [-0.2, 0) is 16.0 Å². The summed E-state index contributed by atoms with van der Waals surface area (Å²) in [5.74, 6) is -0.217. The monoisotopic (exact) mass is 345 g/mol. The molecule has 7 heteroatoms. The maximum Gasteiger partial charge on any atom is 0.349 e. The number of benzene rings is 1. The van der Waals surface area contributed by atoms with Crippen LogP contribution in [0, 0.1) is 0 Å². The first kappa shape index (κ1) is 16.4. The lowest BCUT2D eigenvalue weighted by molar-refractivity contribution is -0.130. The van der Waals surface area contributed by atoms with Gasteiger partial charge in [0.15, 0.2) is 5.13 Å². The van der Waals surface area contributed by atoms with Crippen LogP contribution < -0.4 is 4.90 Å². The molecule has 0 radical (unpaired) electrons. The molecule has 3 rings (SSSR count). The number of piperazine rings is 1. The summed E-state index contributed by atoms with van der Waals surface area (Å²) in [5.41, 5.74) is 1.03. The van der Waals surface area contributed by atoms with Gasteiger partial charge in [-0.2, -0.15) is 0 Å². The highest BCUT2D eigenvalue weighted by Gasteiger charge is 2.23. The van der Waals surface area contributed by atoms with Crippen LogP contribution in [0.3, 0.4) is 0 Å². The van der Waals surface area contributed by atoms with Gasteiger partial charge in [0.05, 0.1) is 19.7 Å². The maximum atomic E-state index is 12.4. The standard InChI is InChI=1S/C17H19N3O3S/c1-23-16(22)14-12-18-17(24-14)20-9-7-19(8-10-20)15(21)11-13-5-3-2-4-6-13/h2-6,12H,7-11H2,1H3. The van der Waals surface area contributed by atoms with Crippen molar-refractivity contribution in [1.82, 2.24) is 9.88 Å². The Morgan fingerprint density at radius 3 is 2.54 bits per heavy atom. The second-order valence-electron chi connectivity index (χ2n) is 5.53. The molecular formula is C17H19N3O3S. The number of carbonyl (C=O) groups excluding carboxylic acids is 2. The van der Waals surface area contributed by atoms with Crippen LogP contribution >= 0.6 is 11.3 Å². The summed E-state index contributed by atoms with van der Waals surface area (Å²) in [7, 11) is 1.36. The molecule has 1 amide bonds. The summed E-state index contributed by atoms with van der Waals surface area (Å²) < 4.78 is 4.70. The fourth-order valence-electron chi connectivity index (χ4n) is 2.64. The number of nitrogens with zero attached hydrogens (tertiary/aromatic N) is 3. The molecule has 1 aromatic carbocycles. The third-order valence-corrected chi connectivity index (χ3v) is 5.02. The average Bonchev–Trinajstić information content (AvgIpc) is 3.12. The summed E-state index contributed by atoms with van der Waals surface area (Å²) >= 11 is 1.32. The number of hydrogen-bond acceptors (Lipinski definition) is 6. The second kappa shape index (κ2) is 7.44. The molecule has 6 nitrogen and oxygen atoms in total. The molecule has 1 aliphatic rings. The van der Waals surface area contributed by atoms with E-state index in [-0.39, 0.29) is 11.9 Å². The highest BCUT2D eigenvalue weighted by atomic mass is 32.1. The zero-order chi connectivity index (χ0) is 16.9. The van der Waals surface area contributed by atoms with Crippen molar-refractivity contribution in [3.05, 3.63) is 47.0 Å². The van der Waals surface area contributed by atoms with E-state index < -0.39 is 0 Å². The minimum absolute atomic E-state index is 0.148. The third kappa shape index (κ3) is 3.73. The van der Waals surface area contributed by atoms with Crippen molar-refractivity contribution >= 4 is 28.3 Å². The lowest BCUT2D eigenvalue weighted by Crippen LogP contribution is -2.49. The van der Waals surface area contributed by atoms with Crippen molar-refractivity contribution in [2.75, 3.05) is 38.2 Å². The SMILES string of the molecule is COC(=O)c1cnc(N2CCN(C(=O)Cc3ccccc3)CC2)s1. The number of thiazole rings is 1. The van der Waals surface area contributed by atoms with Crippen molar-refractivity contribution in [2.24, 2.45) is 0 Å². The zero-order valence-corrected chi connectivity index (χ0v) is 14.3. The van der Waals surface area contributed by atoms with E-state index in [9.17, 15) is 9.59 Å². The number of carbonyl (C=O) groups is 2. The summed E-state index contributed by atoms with van der Waals surface area (Å²) in [4.78, 5) is 32.6. The van der Waals surface area contributed by atoms with E-state index in [0.717, 1.165) is 10.7 Å². The third-order valence-electron chi connectivity index (χ3n) is 3.98. The van der Waals surface area contributed by atoms with Crippen molar-refractivity contribution < 1.29 is 14.3 Å². The molecule has 1 aromatic heterocycles. The molecule has 1 fully saturated rings. The van der Waals surface area contributed by atoms with Crippen LogP contribution in [0.15, 0.2) is 36.5 Å². The van der Waals surface area contributed by atoms with E-state index in [1.54, 1.807) is 6.20 Å². The van der Waals surface area contributed by atoms with Gasteiger partial charge in [-0.3, -0.25) is 4.79 Å². The van der Waals surface area contributed by atoms with Crippen LogP contribution in [0.4, 0.5) is 5.13 Å². The Bertz CT molecular complexity index is 709. The van der Waals surface area contributed by atoms with Crippen LogP contribution in [0.1, 0.15) is 15.2 Å². The van der Waals surface area contributed by atoms with E-state index in [1.165, 1.54) is 18.4 Å². The molecule has 2 heterocycles. The van der Waals surface area contributed by atoms with Gasteiger partial charge in [0, 0.05) is 26.2 Å². The number of amides is 1. The normalized spacial score (nSPS) is 14.5. The summed E-state index contributed by atoms with van der Waals surface area (Å²) in [6.45, 7) is 2.76. The number of hydrogen-bond donors (Lipinski definition) is 0. The Morgan fingerprint density at radius 1 is 1.17 bits per heavy atom. The topological polar surface area (TPSA) is 62.7 Å². The summed E-state index contributed by atoms with van der Waals surface area (Å²) in [6, 6.07) is 9.78. The second-order valence-corrected chi connectivity index (χ2v) is 6.54. The first-order valence-corrected chi connectivity index (χ1v) is 8.60. The first-order chi connectivity index (χ1) is 11.7. The summed E-state index contributed by atoms with van der Waals surface area (Å²) in [5, 5.41) is 0.797. The number of anilines is 1. The Hall–Kier alpha value is -2.41. The van der Waals surface area contributed by atoms with Gasteiger partial charge in [-0.25, -0.2) is 9.78 Å². The molecule has 0 saturated carbocycles. The van der Waals surface area contributed by atoms with Gasteiger partial charge >= 0.3 is 5.97 Å². The molecule has 1 saturated heterocycles. The van der Waals surface area contributed by atoms with Gasteiger partial charge in [0.1, 0.15) is 4.88 Å². The Kier molecular flexibility index (Phi) is 5.10. The van der Waals surface area contributed by atoms with Gasteiger partial charge in [0.25, 0.3) is 0 Å². The van der Waals surface area contributed by atoms with Crippen LogP contribution in [0.25, 0.3) is 0 Å².